The molecule has 0 radical (unpaired) electrons. The summed E-state index contributed by atoms with van der Waals surface area (Å²) in [6, 6.07) is 2.15. The fourth-order valence-corrected chi connectivity index (χ4v) is 3.35. The van der Waals surface area contributed by atoms with Gasteiger partial charge in [0.1, 0.15) is 6.10 Å². The van der Waals surface area contributed by atoms with E-state index < -0.39 is 0 Å². The van der Waals surface area contributed by atoms with Crippen molar-refractivity contribution in [1.82, 2.24) is 0 Å². The van der Waals surface area contributed by atoms with Gasteiger partial charge in [-0.05, 0) is 36.8 Å². The Hall–Kier alpha value is -0.380. The third kappa shape index (κ3) is 2.84. The van der Waals surface area contributed by atoms with Crippen molar-refractivity contribution in [3.63, 3.8) is 0 Å². The van der Waals surface area contributed by atoms with Crippen LogP contribution in [0, 0.1) is 6.92 Å². The van der Waals surface area contributed by atoms with Crippen LogP contribution in [0.5, 0.6) is 0 Å². The summed E-state index contributed by atoms with van der Waals surface area (Å²) < 4.78 is 6.15. The van der Waals surface area contributed by atoms with Crippen LogP contribution < -0.4 is 5.73 Å². The Bertz CT molecular complexity index is 317. The van der Waals surface area contributed by atoms with Crippen LogP contribution in [0.25, 0.3) is 0 Å². The molecule has 2 N–H and O–H groups in total. The van der Waals surface area contributed by atoms with E-state index in [9.17, 15) is 0 Å². The fourth-order valence-electron chi connectivity index (χ4n) is 2.37. The van der Waals surface area contributed by atoms with Crippen LogP contribution in [-0.2, 0) is 4.74 Å². The molecule has 0 aromatic carbocycles. The van der Waals surface area contributed by atoms with E-state index in [0.717, 1.165) is 0 Å². The fraction of sp³-hybridized carbons (Fsp3) is 0.692. The maximum absolute atomic E-state index is 6.15. The van der Waals surface area contributed by atoms with Gasteiger partial charge in [0.05, 0.1) is 6.10 Å². The lowest BCUT2D eigenvalue weighted by atomic mass is 9.97. The lowest BCUT2D eigenvalue weighted by Gasteiger charge is -2.27. The zero-order chi connectivity index (χ0) is 11.4. The van der Waals surface area contributed by atoms with E-state index in [1.54, 1.807) is 11.3 Å². The standard InChI is InChI=1S/C13H21NOS/c1-10-7-8-16-13(10)12(9-14)15-11-5-3-2-4-6-11/h7-8,11-12H,2-6,9,14H2,1H3. The number of hydrogen-bond donors (Lipinski definition) is 1. The third-order valence-electron chi connectivity index (χ3n) is 3.32. The number of hydrogen-bond acceptors (Lipinski definition) is 3. The molecule has 1 aromatic heterocycles. The minimum Gasteiger partial charge on any atom is -0.368 e. The molecule has 0 amide bonds. The largest absolute Gasteiger partial charge is 0.368 e. The zero-order valence-electron chi connectivity index (χ0n) is 9.95. The predicted octanol–water partition coefficient (Wildman–Crippen LogP) is 3.41. The molecule has 1 unspecified atom stereocenters. The summed E-state index contributed by atoms with van der Waals surface area (Å²) in [4.78, 5) is 1.31. The summed E-state index contributed by atoms with van der Waals surface area (Å²) in [5, 5.41) is 2.12. The van der Waals surface area contributed by atoms with Crippen molar-refractivity contribution in [2.24, 2.45) is 5.73 Å². The Morgan fingerprint density at radius 1 is 1.44 bits per heavy atom. The molecule has 1 heterocycles. The van der Waals surface area contributed by atoms with Crippen molar-refractivity contribution in [2.45, 2.75) is 51.2 Å². The molecule has 1 aliphatic rings. The molecule has 90 valence electrons. The van der Waals surface area contributed by atoms with Crippen LogP contribution >= 0.6 is 11.3 Å². The van der Waals surface area contributed by atoms with Crippen LogP contribution in [0.2, 0.25) is 0 Å². The van der Waals surface area contributed by atoms with Crippen LogP contribution in [-0.4, -0.2) is 12.6 Å². The lowest BCUT2D eigenvalue weighted by molar-refractivity contribution is -0.0254. The molecule has 3 heteroatoms. The molecular formula is C13H21NOS. The Morgan fingerprint density at radius 3 is 2.75 bits per heavy atom. The van der Waals surface area contributed by atoms with Crippen molar-refractivity contribution in [3.05, 3.63) is 21.9 Å². The van der Waals surface area contributed by atoms with Gasteiger partial charge in [0.2, 0.25) is 0 Å². The minimum atomic E-state index is 0.114. The van der Waals surface area contributed by atoms with E-state index in [1.165, 1.54) is 42.5 Å². The Balaban J connectivity index is 1.97. The van der Waals surface area contributed by atoms with Gasteiger partial charge in [0.15, 0.2) is 0 Å². The molecule has 16 heavy (non-hydrogen) atoms. The summed E-state index contributed by atoms with van der Waals surface area (Å²) in [6.07, 6.45) is 6.95. The lowest BCUT2D eigenvalue weighted by Crippen LogP contribution is -2.24. The highest BCUT2D eigenvalue weighted by atomic mass is 32.1. The smallest absolute Gasteiger partial charge is 0.104 e. The van der Waals surface area contributed by atoms with Crippen LogP contribution in [0.3, 0.4) is 0 Å². The van der Waals surface area contributed by atoms with Crippen molar-refractivity contribution < 1.29 is 4.74 Å². The van der Waals surface area contributed by atoms with Gasteiger partial charge in [-0.2, -0.15) is 0 Å². The predicted molar refractivity (Wildman–Crippen MR) is 68.8 cm³/mol. The highest BCUT2D eigenvalue weighted by molar-refractivity contribution is 7.10. The normalized spacial score (nSPS) is 19.9. The van der Waals surface area contributed by atoms with Crippen LogP contribution in [0.15, 0.2) is 11.4 Å². The van der Waals surface area contributed by atoms with E-state index in [1.807, 2.05) is 0 Å². The van der Waals surface area contributed by atoms with Gasteiger partial charge in [0.25, 0.3) is 0 Å². The van der Waals surface area contributed by atoms with E-state index in [-0.39, 0.29) is 6.10 Å². The highest BCUT2D eigenvalue weighted by Crippen LogP contribution is 2.30. The maximum atomic E-state index is 6.15. The van der Waals surface area contributed by atoms with Crippen LogP contribution in [0.1, 0.15) is 48.6 Å². The van der Waals surface area contributed by atoms with Gasteiger partial charge in [-0.1, -0.05) is 19.3 Å². The first-order valence-electron chi connectivity index (χ1n) is 6.20. The molecule has 0 aliphatic heterocycles. The average molecular weight is 239 g/mol. The monoisotopic (exact) mass is 239 g/mol. The first-order chi connectivity index (χ1) is 7.81. The van der Waals surface area contributed by atoms with Crippen LogP contribution in [0.4, 0.5) is 0 Å². The molecule has 0 bridgehead atoms. The summed E-state index contributed by atoms with van der Waals surface area (Å²) in [5.41, 5.74) is 7.15. The van der Waals surface area contributed by atoms with Gasteiger partial charge in [0, 0.05) is 11.4 Å². The van der Waals surface area contributed by atoms with Crippen molar-refractivity contribution in [2.75, 3.05) is 6.54 Å². The van der Waals surface area contributed by atoms with Gasteiger partial charge in [-0.3, -0.25) is 0 Å². The number of nitrogens with two attached hydrogens (primary N) is 1. The Kier molecular flexibility index (Phi) is 4.38. The SMILES string of the molecule is Cc1ccsc1C(CN)OC1CCCCC1. The van der Waals surface area contributed by atoms with E-state index in [0.29, 0.717) is 12.6 Å². The molecular weight excluding hydrogens is 218 g/mol. The molecule has 2 rings (SSSR count). The molecule has 1 fully saturated rings. The second kappa shape index (κ2) is 5.80. The van der Waals surface area contributed by atoms with Crippen molar-refractivity contribution in [1.29, 1.82) is 0 Å². The molecule has 0 saturated heterocycles. The van der Waals surface area contributed by atoms with Gasteiger partial charge in [-0.15, -0.1) is 11.3 Å². The summed E-state index contributed by atoms with van der Waals surface area (Å²) >= 11 is 1.77. The Labute approximate surface area is 102 Å². The van der Waals surface area contributed by atoms with E-state index in [2.05, 4.69) is 18.4 Å². The summed E-state index contributed by atoms with van der Waals surface area (Å²) in [6.45, 7) is 2.73. The third-order valence-corrected chi connectivity index (χ3v) is 4.43. The minimum absolute atomic E-state index is 0.114. The second-order valence-corrected chi connectivity index (χ2v) is 5.54. The van der Waals surface area contributed by atoms with Crippen molar-refractivity contribution in [3.8, 4) is 0 Å². The zero-order valence-corrected chi connectivity index (χ0v) is 10.8. The highest BCUT2D eigenvalue weighted by Gasteiger charge is 2.21. The quantitative estimate of drug-likeness (QED) is 0.874. The molecule has 1 saturated carbocycles. The molecule has 0 spiro atoms. The number of thiophene rings is 1. The Morgan fingerprint density at radius 2 is 2.19 bits per heavy atom. The first kappa shape index (κ1) is 12.1. The van der Waals surface area contributed by atoms with E-state index in [4.69, 9.17) is 10.5 Å². The molecule has 1 aromatic rings. The van der Waals surface area contributed by atoms with Crippen molar-refractivity contribution >= 4 is 11.3 Å². The van der Waals surface area contributed by atoms with Gasteiger partial charge in [-0.25, -0.2) is 0 Å². The average Bonchev–Trinajstić information content (AvgIpc) is 2.74. The molecule has 2 nitrogen and oxygen atoms in total. The number of rotatable bonds is 4. The molecule has 1 atom stereocenters. The van der Waals surface area contributed by atoms with Gasteiger partial charge < -0.3 is 10.5 Å². The summed E-state index contributed by atoms with van der Waals surface area (Å²) in [5.74, 6) is 0. The molecule has 1 aliphatic carbocycles. The number of aryl methyl sites for hydroxylation is 1. The van der Waals surface area contributed by atoms with Gasteiger partial charge >= 0.3 is 0 Å². The topological polar surface area (TPSA) is 35.2 Å². The second-order valence-electron chi connectivity index (χ2n) is 4.59. The maximum Gasteiger partial charge on any atom is 0.104 e. The number of ether oxygens (including phenoxy) is 1. The van der Waals surface area contributed by atoms with E-state index >= 15 is 0 Å². The summed E-state index contributed by atoms with van der Waals surface area (Å²) in [7, 11) is 0. The first-order valence-corrected chi connectivity index (χ1v) is 7.08.